The molecule has 18 heavy (non-hydrogen) atoms. The van der Waals surface area contributed by atoms with Crippen LogP contribution in [0.25, 0.3) is 11.0 Å². The molecule has 0 amide bonds. The Morgan fingerprint density at radius 1 is 1.44 bits per heavy atom. The van der Waals surface area contributed by atoms with Gasteiger partial charge in [0.05, 0.1) is 17.1 Å². The van der Waals surface area contributed by atoms with Gasteiger partial charge < -0.3 is 10.3 Å². The number of imidazole rings is 1. The van der Waals surface area contributed by atoms with Crippen LogP contribution in [0.3, 0.4) is 0 Å². The Kier molecular flexibility index (Phi) is 2.52. The number of nitrogen functional groups attached to an aromatic ring is 1. The van der Waals surface area contributed by atoms with Gasteiger partial charge in [-0.1, -0.05) is 6.07 Å². The number of hydrogen-bond donors (Lipinski definition) is 1. The predicted molar refractivity (Wildman–Crippen MR) is 70.1 cm³/mol. The van der Waals surface area contributed by atoms with Gasteiger partial charge in [0, 0.05) is 11.1 Å². The lowest BCUT2D eigenvalue weighted by atomic mass is 10.3. The van der Waals surface area contributed by atoms with Gasteiger partial charge in [-0.15, -0.1) is 11.3 Å². The fourth-order valence-corrected chi connectivity index (χ4v) is 2.74. The molecule has 0 spiro atoms. The van der Waals surface area contributed by atoms with Crippen LogP contribution in [0.4, 0.5) is 10.3 Å². The minimum atomic E-state index is -0.307. The number of hydrogen-bond acceptors (Lipinski definition) is 4. The van der Waals surface area contributed by atoms with Crippen LogP contribution in [0.5, 0.6) is 0 Å². The van der Waals surface area contributed by atoms with E-state index in [1.165, 1.54) is 6.07 Å². The maximum absolute atomic E-state index is 13.8. The summed E-state index contributed by atoms with van der Waals surface area (Å²) in [5.74, 6) is 0.0130. The molecular formula is C12H11FN4S. The van der Waals surface area contributed by atoms with Crippen LogP contribution in [0.15, 0.2) is 24.4 Å². The van der Waals surface area contributed by atoms with Crippen LogP contribution in [-0.4, -0.2) is 14.5 Å². The summed E-state index contributed by atoms with van der Waals surface area (Å²) in [6, 6.07) is 4.80. The first-order valence-electron chi connectivity index (χ1n) is 5.46. The molecule has 6 heteroatoms. The zero-order valence-electron chi connectivity index (χ0n) is 9.72. The molecule has 0 radical (unpaired) electrons. The number of anilines is 1. The summed E-state index contributed by atoms with van der Waals surface area (Å²) >= 11 is 1.57. The topological polar surface area (TPSA) is 56.7 Å². The molecule has 0 aliphatic rings. The Labute approximate surface area is 107 Å². The Balaban J connectivity index is 2.13. The van der Waals surface area contributed by atoms with Crippen molar-refractivity contribution in [3.63, 3.8) is 0 Å². The maximum atomic E-state index is 13.8. The van der Waals surface area contributed by atoms with E-state index in [4.69, 9.17) is 5.73 Å². The molecule has 0 unspecified atom stereocenters. The fourth-order valence-electron chi connectivity index (χ4n) is 1.95. The van der Waals surface area contributed by atoms with E-state index < -0.39 is 0 Å². The number of aryl methyl sites for hydroxylation is 1. The zero-order valence-corrected chi connectivity index (χ0v) is 10.5. The van der Waals surface area contributed by atoms with E-state index in [0.29, 0.717) is 23.5 Å². The smallest absolute Gasteiger partial charge is 0.201 e. The van der Waals surface area contributed by atoms with E-state index in [1.807, 2.05) is 6.92 Å². The number of aromatic nitrogens is 3. The third kappa shape index (κ3) is 1.74. The summed E-state index contributed by atoms with van der Waals surface area (Å²) in [7, 11) is 0. The second-order valence-electron chi connectivity index (χ2n) is 4.01. The van der Waals surface area contributed by atoms with E-state index in [1.54, 1.807) is 34.2 Å². The summed E-state index contributed by atoms with van der Waals surface area (Å²) in [6.07, 6.45) is 1.78. The van der Waals surface area contributed by atoms with Crippen LogP contribution in [0.1, 0.15) is 9.88 Å². The molecule has 3 rings (SSSR count). The lowest BCUT2D eigenvalue weighted by molar-refractivity contribution is 0.629. The fraction of sp³-hybridized carbons (Fsp3) is 0.167. The van der Waals surface area contributed by atoms with E-state index in [9.17, 15) is 4.39 Å². The minimum Gasteiger partial charge on any atom is -0.369 e. The second kappa shape index (κ2) is 4.06. The maximum Gasteiger partial charge on any atom is 0.201 e. The monoisotopic (exact) mass is 262 g/mol. The van der Waals surface area contributed by atoms with E-state index in [2.05, 4.69) is 9.97 Å². The predicted octanol–water partition coefficient (Wildman–Crippen LogP) is 2.57. The molecule has 2 N–H and O–H groups in total. The number of nitrogens with two attached hydrogens (primary N) is 1. The highest BCUT2D eigenvalue weighted by molar-refractivity contribution is 7.11. The number of rotatable bonds is 2. The van der Waals surface area contributed by atoms with Gasteiger partial charge in [0.2, 0.25) is 5.95 Å². The zero-order chi connectivity index (χ0) is 12.7. The molecule has 0 aliphatic carbocycles. The van der Waals surface area contributed by atoms with Crippen molar-refractivity contribution in [1.82, 2.24) is 14.5 Å². The Bertz CT molecular complexity index is 716. The molecular weight excluding hydrogens is 251 g/mol. The molecule has 1 aromatic carbocycles. The minimum absolute atomic E-state index is 0.307. The van der Waals surface area contributed by atoms with Gasteiger partial charge in [-0.2, -0.15) is 0 Å². The summed E-state index contributed by atoms with van der Waals surface area (Å²) < 4.78 is 15.5. The number of benzene rings is 1. The van der Waals surface area contributed by atoms with Gasteiger partial charge in [-0.05, 0) is 19.1 Å². The molecule has 0 saturated heterocycles. The highest BCUT2D eigenvalue weighted by Crippen LogP contribution is 2.23. The number of para-hydroxylation sites is 1. The number of fused-ring (bicyclic) bond motifs is 1. The summed E-state index contributed by atoms with van der Waals surface area (Å²) in [4.78, 5) is 9.37. The Morgan fingerprint density at radius 2 is 2.28 bits per heavy atom. The average Bonchev–Trinajstić information content (AvgIpc) is 2.85. The number of nitrogens with zero attached hydrogens (tertiary/aromatic N) is 3. The highest BCUT2D eigenvalue weighted by Gasteiger charge is 2.13. The lowest BCUT2D eigenvalue weighted by Crippen LogP contribution is -2.04. The first-order chi connectivity index (χ1) is 8.65. The third-order valence-electron chi connectivity index (χ3n) is 2.73. The normalized spacial score (nSPS) is 11.2. The van der Waals surface area contributed by atoms with Crippen LogP contribution in [0.2, 0.25) is 0 Å². The van der Waals surface area contributed by atoms with Gasteiger partial charge in [0.25, 0.3) is 0 Å². The molecule has 0 fully saturated rings. The Morgan fingerprint density at radius 3 is 3.00 bits per heavy atom. The van der Waals surface area contributed by atoms with Crippen LogP contribution >= 0.6 is 11.3 Å². The van der Waals surface area contributed by atoms with E-state index in [0.717, 1.165) is 9.88 Å². The Hall–Kier alpha value is -1.95. The van der Waals surface area contributed by atoms with Crippen molar-refractivity contribution in [2.75, 3.05) is 5.73 Å². The quantitative estimate of drug-likeness (QED) is 0.772. The van der Waals surface area contributed by atoms with Gasteiger partial charge >= 0.3 is 0 Å². The third-order valence-corrected chi connectivity index (χ3v) is 3.63. The number of thiazole rings is 1. The van der Waals surface area contributed by atoms with Crippen molar-refractivity contribution in [2.45, 2.75) is 13.5 Å². The van der Waals surface area contributed by atoms with Crippen molar-refractivity contribution >= 4 is 28.3 Å². The van der Waals surface area contributed by atoms with Gasteiger partial charge in [-0.25, -0.2) is 14.4 Å². The molecule has 4 nitrogen and oxygen atoms in total. The second-order valence-corrected chi connectivity index (χ2v) is 5.33. The van der Waals surface area contributed by atoms with Crippen molar-refractivity contribution in [3.05, 3.63) is 40.1 Å². The number of halogens is 1. The van der Waals surface area contributed by atoms with Crippen LogP contribution in [-0.2, 0) is 6.54 Å². The van der Waals surface area contributed by atoms with Gasteiger partial charge in [-0.3, -0.25) is 0 Å². The van der Waals surface area contributed by atoms with E-state index >= 15 is 0 Å². The molecule has 0 aliphatic heterocycles. The SMILES string of the molecule is Cc1ncc(Cn2c(N)nc3cccc(F)c32)s1. The van der Waals surface area contributed by atoms with Gasteiger partial charge in [0.15, 0.2) is 0 Å². The van der Waals surface area contributed by atoms with Gasteiger partial charge in [0.1, 0.15) is 11.3 Å². The van der Waals surface area contributed by atoms with Crippen LogP contribution in [0, 0.1) is 12.7 Å². The molecule has 3 aromatic rings. The first-order valence-corrected chi connectivity index (χ1v) is 6.28. The van der Waals surface area contributed by atoms with Crippen LogP contribution < -0.4 is 5.73 Å². The molecule has 92 valence electrons. The highest BCUT2D eigenvalue weighted by atomic mass is 32.1. The molecule has 2 heterocycles. The lowest BCUT2D eigenvalue weighted by Gasteiger charge is -2.04. The van der Waals surface area contributed by atoms with E-state index in [-0.39, 0.29) is 5.82 Å². The van der Waals surface area contributed by atoms with Crippen molar-refractivity contribution in [1.29, 1.82) is 0 Å². The molecule has 2 aromatic heterocycles. The first kappa shape index (κ1) is 11.2. The summed E-state index contributed by atoms with van der Waals surface area (Å²) in [5.41, 5.74) is 6.87. The largest absolute Gasteiger partial charge is 0.369 e. The molecule has 0 saturated carbocycles. The summed E-state index contributed by atoms with van der Waals surface area (Å²) in [5, 5.41) is 0.980. The standard InChI is InChI=1S/C12H11FN4S/c1-7-15-5-8(18-7)6-17-11-9(13)3-2-4-10(11)16-12(17)14/h2-5H,6H2,1H3,(H2,14,16). The molecule has 0 bridgehead atoms. The average molecular weight is 262 g/mol. The van der Waals surface area contributed by atoms with Crippen molar-refractivity contribution in [2.24, 2.45) is 0 Å². The van der Waals surface area contributed by atoms with Crippen molar-refractivity contribution in [3.8, 4) is 0 Å². The van der Waals surface area contributed by atoms with Crippen molar-refractivity contribution < 1.29 is 4.39 Å². The molecule has 0 atom stereocenters. The summed E-state index contributed by atoms with van der Waals surface area (Å²) in [6.45, 7) is 2.43.